The largest absolute Gasteiger partial charge is 0.492 e. The number of hydrogen-bond donors (Lipinski definition) is 1. The Morgan fingerprint density at radius 1 is 1.33 bits per heavy atom. The number of hydrogen-bond acceptors (Lipinski definition) is 4. The molecule has 0 fully saturated rings. The van der Waals surface area contributed by atoms with Crippen LogP contribution in [-0.2, 0) is 16.4 Å². The van der Waals surface area contributed by atoms with Crippen LogP contribution in [0, 0.1) is 0 Å². The fourth-order valence-electron chi connectivity index (χ4n) is 1.70. The fourth-order valence-corrected chi connectivity index (χ4v) is 3.09. The molecule has 4 nitrogen and oxygen atoms in total. The molecular weight excluding hydrogens is 354 g/mol. The summed E-state index contributed by atoms with van der Waals surface area (Å²) in [7, 11) is -2.91. The van der Waals surface area contributed by atoms with Crippen LogP contribution in [-0.4, -0.2) is 32.6 Å². The van der Waals surface area contributed by atoms with Gasteiger partial charge in [0.1, 0.15) is 15.6 Å². The highest BCUT2D eigenvalue weighted by molar-refractivity contribution is 9.10. The predicted molar refractivity (Wildman–Crippen MR) is 90.6 cm³/mol. The average Bonchev–Trinajstić information content (AvgIpc) is 2.43. The van der Waals surface area contributed by atoms with E-state index in [9.17, 15) is 8.42 Å². The molecule has 1 N–H and O–H groups in total. The van der Waals surface area contributed by atoms with Gasteiger partial charge >= 0.3 is 0 Å². The lowest BCUT2D eigenvalue weighted by atomic mass is 10.2. The molecule has 21 heavy (non-hydrogen) atoms. The summed E-state index contributed by atoms with van der Waals surface area (Å²) in [4.78, 5) is 0. The van der Waals surface area contributed by atoms with Crippen molar-refractivity contribution in [3.63, 3.8) is 0 Å². The Morgan fingerprint density at radius 3 is 2.62 bits per heavy atom. The summed E-state index contributed by atoms with van der Waals surface area (Å²) in [6.45, 7) is 7.09. The van der Waals surface area contributed by atoms with Crippen molar-refractivity contribution >= 4 is 25.8 Å². The maximum Gasteiger partial charge on any atom is 0.150 e. The second kappa shape index (κ2) is 8.76. The molecule has 0 heterocycles. The summed E-state index contributed by atoms with van der Waals surface area (Å²) in [6, 6.07) is 6.39. The third kappa shape index (κ3) is 7.29. The van der Waals surface area contributed by atoms with Crippen molar-refractivity contribution in [1.29, 1.82) is 0 Å². The van der Waals surface area contributed by atoms with E-state index in [1.54, 1.807) is 6.92 Å². The van der Waals surface area contributed by atoms with Crippen molar-refractivity contribution < 1.29 is 13.2 Å². The predicted octanol–water partition coefficient (Wildman–Crippen LogP) is 3.15. The fraction of sp³-hybridized carbons (Fsp3) is 0.600. The molecule has 0 saturated carbocycles. The van der Waals surface area contributed by atoms with Crippen molar-refractivity contribution in [2.75, 3.05) is 18.1 Å². The first kappa shape index (κ1) is 18.5. The Hall–Kier alpha value is -0.590. The van der Waals surface area contributed by atoms with Gasteiger partial charge in [0.05, 0.1) is 16.8 Å². The topological polar surface area (TPSA) is 55.4 Å². The number of ether oxygens (including phenoxy) is 1. The van der Waals surface area contributed by atoms with Gasteiger partial charge in [-0.15, -0.1) is 0 Å². The van der Waals surface area contributed by atoms with E-state index in [2.05, 4.69) is 35.1 Å². The molecule has 120 valence electrons. The SMILES string of the molecule is CCS(=O)(=O)CCCOc1ccc(CNC(C)C)cc1Br. The molecule has 1 aromatic rings. The third-order valence-electron chi connectivity index (χ3n) is 3.01. The number of rotatable bonds is 9. The minimum atomic E-state index is -2.91. The van der Waals surface area contributed by atoms with E-state index in [4.69, 9.17) is 4.74 Å². The lowest BCUT2D eigenvalue weighted by molar-refractivity contribution is 0.315. The minimum Gasteiger partial charge on any atom is -0.492 e. The van der Waals surface area contributed by atoms with Crippen LogP contribution >= 0.6 is 15.9 Å². The summed E-state index contributed by atoms with van der Waals surface area (Å²) in [5.74, 6) is 1.11. The Labute approximate surface area is 136 Å². The molecule has 0 saturated heterocycles. The van der Waals surface area contributed by atoms with Gasteiger partial charge in [-0.3, -0.25) is 0 Å². The van der Waals surface area contributed by atoms with E-state index in [1.165, 1.54) is 5.56 Å². The molecule has 1 aromatic carbocycles. The highest BCUT2D eigenvalue weighted by atomic mass is 79.9. The summed E-state index contributed by atoms with van der Waals surface area (Å²) < 4.78 is 29.3. The van der Waals surface area contributed by atoms with E-state index in [1.807, 2.05) is 18.2 Å². The van der Waals surface area contributed by atoms with Crippen LogP contribution in [0.2, 0.25) is 0 Å². The van der Waals surface area contributed by atoms with Gasteiger partial charge in [0, 0.05) is 18.3 Å². The Morgan fingerprint density at radius 2 is 2.05 bits per heavy atom. The molecule has 0 atom stereocenters. The zero-order valence-corrected chi connectivity index (χ0v) is 15.3. The van der Waals surface area contributed by atoms with Crippen LogP contribution < -0.4 is 10.1 Å². The van der Waals surface area contributed by atoms with E-state index >= 15 is 0 Å². The van der Waals surface area contributed by atoms with Gasteiger partial charge in [0.2, 0.25) is 0 Å². The molecule has 0 spiro atoms. The van der Waals surface area contributed by atoms with Crippen LogP contribution in [0.25, 0.3) is 0 Å². The van der Waals surface area contributed by atoms with Crippen LogP contribution in [0.4, 0.5) is 0 Å². The molecule has 0 aromatic heterocycles. The summed E-state index contributed by atoms with van der Waals surface area (Å²) in [5.41, 5.74) is 1.18. The molecule has 0 aliphatic carbocycles. The molecule has 0 aliphatic rings. The lowest BCUT2D eigenvalue weighted by Gasteiger charge is -2.11. The van der Waals surface area contributed by atoms with Crippen LogP contribution in [0.3, 0.4) is 0 Å². The minimum absolute atomic E-state index is 0.178. The van der Waals surface area contributed by atoms with Gasteiger partial charge in [-0.2, -0.15) is 0 Å². The monoisotopic (exact) mass is 377 g/mol. The summed E-state index contributed by atoms with van der Waals surface area (Å²) >= 11 is 3.49. The van der Waals surface area contributed by atoms with Crippen molar-refractivity contribution in [2.24, 2.45) is 0 Å². The maximum atomic E-state index is 11.4. The van der Waals surface area contributed by atoms with E-state index < -0.39 is 9.84 Å². The highest BCUT2D eigenvalue weighted by Gasteiger charge is 2.08. The van der Waals surface area contributed by atoms with Crippen molar-refractivity contribution in [3.8, 4) is 5.75 Å². The number of halogens is 1. The third-order valence-corrected chi connectivity index (χ3v) is 5.42. The van der Waals surface area contributed by atoms with Crippen molar-refractivity contribution in [2.45, 2.75) is 39.8 Å². The molecule has 1 rings (SSSR count). The highest BCUT2D eigenvalue weighted by Crippen LogP contribution is 2.26. The zero-order chi connectivity index (χ0) is 15.9. The van der Waals surface area contributed by atoms with E-state index in [-0.39, 0.29) is 11.5 Å². The maximum absolute atomic E-state index is 11.4. The summed E-state index contributed by atoms with van der Waals surface area (Å²) in [6.07, 6.45) is 0.513. The van der Waals surface area contributed by atoms with Crippen LogP contribution in [0.5, 0.6) is 5.75 Å². The molecule has 0 unspecified atom stereocenters. The van der Waals surface area contributed by atoms with Gasteiger partial charge in [-0.1, -0.05) is 26.8 Å². The van der Waals surface area contributed by atoms with Crippen molar-refractivity contribution in [3.05, 3.63) is 28.2 Å². The normalized spacial score (nSPS) is 11.9. The average molecular weight is 378 g/mol. The molecule has 0 bridgehead atoms. The Kier molecular flexibility index (Phi) is 7.70. The molecule has 0 radical (unpaired) electrons. The first-order chi connectivity index (χ1) is 9.84. The Bertz CT molecular complexity index is 544. The first-order valence-corrected chi connectivity index (χ1v) is 9.80. The van der Waals surface area contributed by atoms with Gasteiger partial charge in [0.25, 0.3) is 0 Å². The number of benzene rings is 1. The van der Waals surface area contributed by atoms with Crippen LogP contribution in [0.15, 0.2) is 22.7 Å². The standard InChI is InChI=1S/C15H24BrNO3S/c1-4-21(18,19)9-5-8-20-15-7-6-13(10-14(15)16)11-17-12(2)3/h6-7,10,12,17H,4-5,8-9,11H2,1-3H3. The van der Waals surface area contributed by atoms with Crippen molar-refractivity contribution in [1.82, 2.24) is 5.32 Å². The Balaban J connectivity index is 2.46. The van der Waals surface area contributed by atoms with Gasteiger partial charge < -0.3 is 10.1 Å². The first-order valence-electron chi connectivity index (χ1n) is 7.19. The van der Waals surface area contributed by atoms with Gasteiger partial charge in [0.15, 0.2) is 0 Å². The number of nitrogens with one attached hydrogen (secondary N) is 1. The second-order valence-electron chi connectivity index (χ2n) is 5.24. The van der Waals surface area contributed by atoms with E-state index in [0.29, 0.717) is 19.1 Å². The molecule has 0 amide bonds. The second-order valence-corrected chi connectivity index (χ2v) is 8.57. The molecule has 0 aliphatic heterocycles. The molecule has 6 heteroatoms. The van der Waals surface area contributed by atoms with Gasteiger partial charge in [-0.05, 0) is 40.0 Å². The van der Waals surface area contributed by atoms with E-state index in [0.717, 1.165) is 16.8 Å². The molecular formula is C15H24BrNO3S. The summed E-state index contributed by atoms with van der Waals surface area (Å²) in [5, 5.41) is 3.36. The number of sulfone groups is 1. The smallest absolute Gasteiger partial charge is 0.150 e. The van der Waals surface area contributed by atoms with Crippen LogP contribution in [0.1, 0.15) is 32.8 Å². The quantitative estimate of drug-likeness (QED) is 0.671. The zero-order valence-electron chi connectivity index (χ0n) is 12.9. The lowest BCUT2D eigenvalue weighted by Crippen LogP contribution is -2.21. The van der Waals surface area contributed by atoms with Gasteiger partial charge in [-0.25, -0.2) is 8.42 Å².